The maximum Gasteiger partial charge on any atom is 0.0777 e. The van der Waals surface area contributed by atoms with Gasteiger partial charge in [0.2, 0.25) is 0 Å². The van der Waals surface area contributed by atoms with E-state index in [1.807, 2.05) is 0 Å². The van der Waals surface area contributed by atoms with E-state index in [9.17, 15) is 0 Å². The van der Waals surface area contributed by atoms with E-state index in [1.165, 1.54) is 11.1 Å². The summed E-state index contributed by atoms with van der Waals surface area (Å²) in [6.45, 7) is 4.90. The fraction of sp³-hybridized carbons (Fsp3) is 0.231. The van der Waals surface area contributed by atoms with E-state index >= 15 is 0 Å². The molecule has 3 heteroatoms. The van der Waals surface area contributed by atoms with Crippen LogP contribution in [0.4, 0.5) is 5.69 Å². The van der Waals surface area contributed by atoms with Gasteiger partial charge in [-0.25, -0.2) is 0 Å². The van der Waals surface area contributed by atoms with Crippen LogP contribution >= 0.6 is 0 Å². The van der Waals surface area contributed by atoms with Crippen LogP contribution < -0.4 is 5.32 Å². The lowest BCUT2D eigenvalue weighted by atomic mass is 10.1. The van der Waals surface area contributed by atoms with Gasteiger partial charge in [-0.2, -0.15) is 0 Å². The van der Waals surface area contributed by atoms with Crippen LogP contribution in [-0.2, 0) is 6.54 Å². The molecule has 0 fully saturated rings. The van der Waals surface area contributed by atoms with Crippen LogP contribution in [-0.4, -0.2) is 9.97 Å². The second kappa shape index (κ2) is 4.75. The highest BCUT2D eigenvalue weighted by Crippen LogP contribution is 2.14. The van der Waals surface area contributed by atoms with Crippen molar-refractivity contribution >= 4 is 5.69 Å². The second-order valence-corrected chi connectivity index (χ2v) is 3.93. The Balaban J connectivity index is 2.05. The average Bonchev–Trinajstić information content (AvgIpc) is 2.27. The predicted molar refractivity (Wildman–Crippen MR) is 65.3 cm³/mol. The minimum absolute atomic E-state index is 0.705. The Hall–Kier alpha value is -1.90. The molecule has 1 aromatic heterocycles. The molecular formula is C13H15N3. The minimum Gasteiger partial charge on any atom is -0.379 e. The van der Waals surface area contributed by atoms with Gasteiger partial charge < -0.3 is 5.32 Å². The predicted octanol–water partition coefficient (Wildman–Crippen LogP) is 2.71. The molecule has 0 spiro atoms. The number of aryl methyl sites for hydroxylation is 2. The van der Waals surface area contributed by atoms with Gasteiger partial charge in [0.25, 0.3) is 0 Å². The molecule has 0 amide bonds. The lowest BCUT2D eigenvalue weighted by molar-refractivity contribution is 1.01. The molecule has 82 valence electrons. The molecule has 1 N–H and O–H groups in total. The summed E-state index contributed by atoms with van der Waals surface area (Å²) in [5.41, 5.74) is 4.60. The molecule has 0 radical (unpaired) electrons. The standard InChI is InChI=1S/C13H15N3/c1-10-5-11(2)7-12(6-10)16-9-13-8-14-3-4-15-13/h3-8,16H,9H2,1-2H3. The third-order valence-corrected chi connectivity index (χ3v) is 2.31. The van der Waals surface area contributed by atoms with Gasteiger partial charge >= 0.3 is 0 Å². The van der Waals surface area contributed by atoms with Crippen molar-refractivity contribution < 1.29 is 0 Å². The molecule has 16 heavy (non-hydrogen) atoms. The SMILES string of the molecule is Cc1cc(C)cc(NCc2cnccn2)c1. The van der Waals surface area contributed by atoms with Gasteiger partial charge in [-0.1, -0.05) is 6.07 Å². The van der Waals surface area contributed by atoms with Crippen molar-refractivity contribution in [3.05, 3.63) is 53.6 Å². The van der Waals surface area contributed by atoms with E-state index in [2.05, 4.69) is 47.3 Å². The summed E-state index contributed by atoms with van der Waals surface area (Å²) in [4.78, 5) is 8.24. The lowest BCUT2D eigenvalue weighted by Crippen LogP contribution is -2.02. The second-order valence-electron chi connectivity index (χ2n) is 3.93. The maximum absolute atomic E-state index is 4.21. The number of benzene rings is 1. The molecular weight excluding hydrogens is 198 g/mol. The van der Waals surface area contributed by atoms with Crippen LogP contribution in [0, 0.1) is 13.8 Å². The molecule has 0 saturated heterocycles. The molecule has 2 rings (SSSR count). The first-order chi connectivity index (χ1) is 7.74. The first kappa shape index (κ1) is 10.6. The van der Waals surface area contributed by atoms with Gasteiger partial charge in [-0.05, 0) is 37.1 Å². The molecule has 3 nitrogen and oxygen atoms in total. The molecule has 0 aliphatic carbocycles. The minimum atomic E-state index is 0.705. The zero-order chi connectivity index (χ0) is 11.4. The highest BCUT2D eigenvalue weighted by molar-refractivity contribution is 5.48. The van der Waals surface area contributed by atoms with Crippen LogP contribution in [0.2, 0.25) is 0 Å². The Bertz CT molecular complexity index is 446. The molecule has 2 aromatic rings. The Morgan fingerprint density at radius 2 is 1.81 bits per heavy atom. The van der Waals surface area contributed by atoms with Crippen molar-refractivity contribution in [1.29, 1.82) is 0 Å². The van der Waals surface area contributed by atoms with E-state index in [-0.39, 0.29) is 0 Å². The quantitative estimate of drug-likeness (QED) is 0.851. The van der Waals surface area contributed by atoms with Crippen molar-refractivity contribution in [3.63, 3.8) is 0 Å². The summed E-state index contributed by atoms with van der Waals surface area (Å²) in [6, 6.07) is 6.42. The zero-order valence-electron chi connectivity index (χ0n) is 9.57. The summed E-state index contributed by atoms with van der Waals surface area (Å²) in [5.74, 6) is 0. The smallest absolute Gasteiger partial charge is 0.0777 e. The largest absolute Gasteiger partial charge is 0.379 e. The van der Waals surface area contributed by atoms with Crippen molar-refractivity contribution in [2.24, 2.45) is 0 Å². The van der Waals surface area contributed by atoms with Gasteiger partial charge in [-0.15, -0.1) is 0 Å². The van der Waals surface area contributed by atoms with Gasteiger partial charge in [0.15, 0.2) is 0 Å². The fourth-order valence-corrected chi connectivity index (χ4v) is 1.69. The number of hydrogen-bond donors (Lipinski definition) is 1. The van der Waals surface area contributed by atoms with Gasteiger partial charge in [0.05, 0.1) is 18.4 Å². The number of nitrogens with one attached hydrogen (secondary N) is 1. The molecule has 0 aliphatic rings. The van der Waals surface area contributed by atoms with E-state index in [0.717, 1.165) is 11.4 Å². The van der Waals surface area contributed by atoms with Crippen LogP contribution in [0.15, 0.2) is 36.8 Å². The third-order valence-electron chi connectivity index (χ3n) is 2.31. The number of anilines is 1. The fourth-order valence-electron chi connectivity index (χ4n) is 1.69. The molecule has 0 aliphatic heterocycles. The Kier molecular flexibility index (Phi) is 3.15. The van der Waals surface area contributed by atoms with Gasteiger partial charge in [-0.3, -0.25) is 9.97 Å². The lowest BCUT2D eigenvalue weighted by Gasteiger charge is -2.07. The molecule has 0 atom stereocenters. The van der Waals surface area contributed by atoms with E-state index in [1.54, 1.807) is 18.6 Å². The average molecular weight is 213 g/mol. The van der Waals surface area contributed by atoms with Crippen LogP contribution in [0.5, 0.6) is 0 Å². The number of aromatic nitrogens is 2. The summed E-state index contributed by atoms with van der Waals surface area (Å²) < 4.78 is 0. The monoisotopic (exact) mass is 213 g/mol. The molecule has 0 bridgehead atoms. The van der Waals surface area contributed by atoms with E-state index in [0.29, 0.717) is 6.54 Å². The first-order valence-electron chi connectivity index (χ1n) is 5.31. The number of nitrogens with zero attached hydrogens (tertiary/aromatic N) is 2. The Morgan fingerprint density at radius 1 is 1.06 bits per heavy atom. The highest BCUT2D eigenvalue weighted by Gasteiger charge is 1.97. The first-order valence-corrected chi connectivity index (χ1v) is 5.31. The third kappa shape index (κ3) is 2.79. The number of rotatable bonds is 3. The summed E-state index contributed by atoms with van der Waals surface area (Å²) in [7, 11) is 0. The van der Waals surface area contributed by atoms with Crippen LogP contribution in [0.1, 0.15) is 16.8 Å². The highest BCUT2D eigenvalue weighted by atomic mass is 14.9. The molecule has 0 unspecified atom stereocenters. The van der Waals surface area contributed by atoms with Crippen LogP contribution in [0.3, 0.4) is 0 Å². The normalized spacial score (nSPS) is 10.1. The van der Waals surface area contributed by atoms with Crippen molar-refractivity contribution in [2.75, 3.05) is 5.32 Å². The summed E-state index contributed by atoms with van der Waals surface area (Å²) in [5, 5.41) is 3.34. The summed E-state index contributed by atoms with van der Waals surface area (Å²) >= 11 is 0. The van der Waals surface area contributed by atoms with Crippen molar-refractivity contribution in [1.82, 2.24) is 9.97 Å². The maximum atomic E-state index is 4.21. The Labute approximate surface area is 95.6 Å². The van der Waals surface area contributed by atoms with Gasteiger partial charge in [0, 0.05) is 18.1 Å². The molecule has 0 saturated carbocycles. The molecule has 1 heterocycles. The van der Waals surface area contributed by atoms with E-state index < -0.39 is 0 Å². The van der Waals surface area contributed by atoms with Crippen LogP contribution in [0.25, 0.3) is 0 Å². The van der Waals surface area contributed by atoms with E-state index in [4.69, 9.17) is 0 Å². The Morgan fingerprint density at radius 3 is 2.44 bits per heavy atom. The summed E-state index contributed by atoms with van der Waals surface area (Å²) in [6.07, 6.45) is 5.16. The van der Waals surface area contributed by atoms with Crippen molar-refractivity contribution in [3.8, 4) is 0 Å². The number of hydrogen-bond acceptors (Lipinski definition) is 3. The topological polar surface area (TPSA) is 37.8 Å². The van der Waals surface area contributed by atoms with Crippen molar-refractivity contribution in [2.45, 2.75) is 20.4 Å². The molecule has 1 aromatic carbocycles. The zero-order valence-corrected chi connectivity index (χ0v) is 9.57. The van der Waals surface area contributed by atoms with Gasteiger partial charge in [0.1, 0.15) is 0 Å².